The first-order chi connectivity index (χ1) is 10.9. The summed E-state index contributed by atoms with van der Waals surface area (Å²) in [5.74, 6) is 1.25. The molecule has 128 valence electrons. The number of hydrogen-bond donors (Lipinski definition) is 1. The summed E-state index contributed by atoms with van der Waals surface area (Å²) in [6, 6.07) is 1.67. The largest absolute Gasteiger partial charge is 0.449 e. The van der Waals surface area contributed by atoms with Crippen molar-refractivity contribution in [3.63, 3.8) is 0 Å². The Morgan fingerprint density at radius 1 is 1.35 bits per heavy atom. The third-order valence-electron chi connectivity index (χ3n) is 3.43. The second-order valence-corrected chi connectivity index (χ2v) is 6.10. The number of anilines is 1. The fourth-order valence-electron chi connectivity index (χ4n) is 2.23. The van der Waals surface area contributed by atoms with Crippen LogP contribution in [0.15, 0.2) is 10.6 Å². The molecule has 0 unspecified atom stereocenters. The highest BCUT2D eigenvalue weighted by Crippen LogP contribution is 2.08. The molecule has 1 aromatic rings. The van der Waals surface area contributed by atoms with Gasteiger partial charge in [0.1, 0.15) is 5.76 Å². The number of rotatable bonds is 5. The summed E-state index contributed by atoms with van der Waals surface area (Å²) >= 11 is 0. The number of amides is 2. The molecule has 1 aliphatic heterocycles. The molecule has 0 spiro atoms. The smallest absolute Gasteiger partial charge is 0.409 e. The molecular weight excluding hydrogens is 300 g/mol. The predicted molar refractivity (Wildman–Crippen MR) is 84.1 cm³/mol. The Bertz CT molecular complexity index is 535. The first-order valence-corrected chi connectivity index (χ1v) is 7.81. The first kappa shape index (κ1) is 17.3. The van der Waals surface area contributed by atoms with E-state index in [4.69, 9.17) is 9.26 Å². The van der Waals surface area contributed by atoms with Gasteiger partial charge in [-0.05, 0) is 12.8 Å². The zero-order chi connectivity index (χ0) is 16.8. The van der Waals surface area contributed by atoms with Crippen molar-refractivity contribution >= 4 is 17.8 Å². The Hall–Kier alpha value is -2.09. The van der Waals surface area contributed by atoms with E-state index >= 15 is 0 Å². The monoisotopic (exact) mass is 324 g/mol. The van der Waals surface area contributed by atoms with Gasteiger partial charge >= 0.3 is 6.09 Å². The molecule has 1 N–H and O–H groups in total. The third-order valence-corrected chi connectivity index (χ3v) is 3.43. The molecule has 1 fully saturated rings. The molecule has 0 radical (unpaired) electrons. The molecule has 0 bridgehead atoms. The quantitative estimate of drug-likeness (QED) is 0.879. The Balaban J connectivity index is 1.69. The molecule has 8 heteroatoms. The molecule has 8 nitrogen and oxygen atoms in total. The van der Waals surface area contributed by atoms with E-state index in [1.54, 1.807) is 17.9 Å². The van der Waals surface area contributed by atoms with Crippen molar-refractivity contribution in [2.24, 2.45) is 5.92 Å². The lowest BCUT2D eigenvalue weighted by Gasteiger charge is -2.33. The lowest BCUT2D eigenvalue weighted by molar-refractivity contribution is -0.117. The SMILES string of the molecule is Cc1cc(NC(=O)CN2CCN(C(=O)OCC(C)C)CC2)no1. The number of nitrogens with zero attached hydrogens (tertiary/aromatic N) is 3. The summed E-state index contributed by atoms with van der Waals surface area (Å²) in [6.07, 6.45) is -0.277. The Kier molecular flexibility index (Phi) is 5.97. The first-order valence-electron chi connectivity index (χ1n) is 7.81. The van der Waals surface area contributed by atoms with Gasteiger partial charge in [0.2, 0.25) is 5.91 Å². The summed E-state index contributed by atoms with van der Waals surface area (Å²) in [4.78, 5) is 27.5. The predicted octanol–water partition coefficient (Wildman–Crippen LogP) is 1.33. The lowest BCUT2D eigenvalue weighted by atomic mass is 10.2. The minimum Gasteiger partial charge on any atom is -0.449 e. The van der Waals surface area contributed by atoms with Gasteiger partial charge in [0.25, 0.3) is 0 Å². The topological polar surface area (TPSA) is 87.9 Å². The van der Waals surface area contributed by atoms with Crippen LogP contribution < -0.4 is 5.32 Å². The third kappa shape index (κ3) is 5.55. The van der Waals surface area contributed by atoms with Crippen LogP contribution >= 0.6 is 0 Å². The van der Waals surface area contributed by atoms with Crippen LogP contribution in [0, 0.1) is 12.8 Å². The summed E-state index contributed by atoms with van der Waals surface area (Å²) in [7, 11) is 0. The van der Waals surface area contributed by atoms with Gasteiger partial charge in [0, 0.05) is 32.2 Å². The van der Waals surface area contributed by atoms with Crippen molar-refractivity contribution in [3.05, 3.63) is 11.8 Å². The van der Waals surface area contributed by atoms with Gasteiger partial charge in [0.05, 0.1) is 13.2 Å². The van der Waals surface area contributed by atoms with Crippen LogP contribution in [0.5, 0.6) is 0 Å². The maximum Gasteiger partial charge on any atom is 0.409 e. The molecule has 0 aliphatic carbocycles. The minimum absolute atomic E-state index is 0.144. The van der Waals surface area contributed by atoms with E-state index < -0.39 is 0 Å². The van der Waals surface area contributed by atoms with Crippen LogP contribution in [0.25, 0.3) is 0 Å². The number of ether oxygens (including phenoxy) is 1. The molecular formula is C15H24N4O4. The molecule has 1 saturated heterocycles. The Morgan fingerprint density at radius 3 is 2.61 bits per heavy atom. The molecule has 0 atom stereocenters. The number of carbonyl (C=O) groups excluding carboxylic acids is 2. The molecule has 1 aromatic heterocycles. The van der Waals surface area contributed by atoms with E-state index in [1.165, 1.54) is 0 Å². The lowest BCUT2D eigenvalue weighted by Crippen LogP contribution is -2.50. The molecule has 2 heterocycles. The normalized spacial score (nSPS) is 15.7. The van der Waals surface area contributed by atoms with Crippen LogP contribution in [0.3, 0.4) is 0 Å². The molecule has 2 rings (SSSR count). The highest BCUT2D eigenvalue weighted by Gasteiger charge is 2.23. The second-order valence-electron chi connectivity index (χ2n) is 6.10. The summed E-state index contributed by atoms with van der Waals surface area (Å²) in [5.41, 5.74) is 0. The Labute approximate surface area is 135 Å². The average Bonchev–Trinajstić information content (AvgIpc) is 2.90. The van der Waals surface area contributed by atoms with Crippen LogP contribution in [0.1, 0.15) is 19.6 Å². The summed E-state index contributed by atoms with van der Waals surface area (Å²) < 4.78 is 10.1. The van der Waals surface area contributed by atoms with E-state index in [0.717, 1.165) is 0 Å². The minimum atomic E-state index is -0.277. The highest BCUT2D eigenvalue weighted by atomic mass is 16.6. The number of carbonyl (C=O) groups is 2. The van der Waals surface area contributed by atoms with Crippen molar-refractivity contribution in [2.45, 2.75) is 20.8 Å². The second kappa shape index (κ2) is 7.96. The van der Waals surface area contributed by atoms with Crippen LogP contribution in [0.2, 0.25) is 0 Å². The molecule has 0 saturated carbocycles. The fraction of sp³-hybridized carbons (Fsp3) is 0.667. The van der Waals surface area contributed by atoms with Crippen LogP contribution in [-0.2, 0) is 9.53 Å². The van der Waals surface area contributed by atoms with Crippen molar-refractivity contribution in [1.29, 1.82) is 0 Å². The van der Waals surface area contributed by atoms with Crippen molar-refractivity contribution in [1.82, 2.24) is 15.0 Å². The summed E-state index contributed by atoms with van der Waals surface area (Å²) in [5, 5.41) is 6.41. The van der Waals surface area contributed by atoms with Gasteiger partial charge in [-0.3, -0.25) is 9.69 Å². The van der Waals surface area contributed by atoms with E-state index in [-0.39, 0.29) is 18.5 Å². The maximum absolute atomic E-state index is 11.9. The van der Waals surface area contributed by atoms with Crippen molar-refractivity contribution < 1.29 is 18.8 Å². The highest BCUT2D eigenvalue weighted by molar-refractivity contribution is 5.91. The standard InChI is InChI=1S/C15H24N4O4/c1-11(2)10-22-15(21)19-6-4-18(5-7-19)9-14(20)16-13-8-12(3)23-17-13/h8,11H,4-7,9-10H2,1-3H3,(H,16,17,20). The molecule has 0 aromatic carbocycles. The average molecular weight is 324 g/mol. The van der Waals surface area contributed by atoms with Crippen molar-refractivity contribution in [2.75, 3.05) is 44.6 Å². The summed E-state index contributed by atoms with van der Waals surface area (Å²) in [6.45, 7) is 8.87. The zero-order valence-electron chi connectivity index (χ0n) is 13.9. The number of aromatic nitrogens is 1. The van der Waals surface area contributed by atoms with Gasteiger partial charge < -0.3 is 19.5 Å². The molecule has 2 amide bonds. The van der Waals surface area contributed by atoms with Gasteiger partial charge in [-0.2, -0.15) is 0 Å². The maximum atomic E-state index is 11.9. The molecule has 23 heavy (non-hydrogen) atoms. The van der Waals surface area contributed by atoms with Gasteiger partial charge in [-0.15, -0.1) is 0 Å². The van der Waals surface area contributed by atoms with E-state index in [9.17, 15) is 9.59 Å². The number of hydrogen-bond acceptors (Lipinski definition) is 6. The fourth-order valence-corrected chi connectivity index (χ4v) is 2.23. The zero-order valence-corrected chi connectivity index (χ0v) is 13.9. The molecule has 1 aliphatic rings. The van der Waals surface area contributed by atoms with Crippen molar-refractivity contribution in [3.8, 4) is 0 Å². The van der Waals surface area contributed by atoms with Gasteiger partial charge in [0.15, 0.2) is 5.82 Å². The number of piperazine rings is 1. The Morgan fingerprint density at radius 2 is 2.04 bits per heavy atom. The van der Waals surface area contributed by atoms with Gasteiger partial charge in [-0.1, -0.05) is 19.0 Å². The number of aryl methyl sites for hydroxylation is 1. The van der Waals surface area contributed by atoms with E-state index in [2.05, 4.69) is 10.5 Å². The van der Waals surface area contributed by atoms with E-state index in [1.807, 2.05) is 18.7 Å². The number of nitrogens with one attached hydrogen (secondary N) is 1. The van der Waals surface area contributed by atoms with Gasteiger partial charge in [-0.25, -0.2) is 4.79 Å². The van der Waals surface area contributed by atoms with E-state index in [0.29, 0.717) is 50.3 Å². The van der Waals surface area contributed by atoms with Crippen LogP contribution in [0.4, 0.5) is 10.6 Å². The van der Waals surface area contributed by atoms with Crippen LogP contribution in [-0.4, -0.2) is 66.3 Å².